The maximum atomic E-state index is 12.7. The number of hydrogen-bond acceptors (Lipinski definition) is 4. The summed E-state index contributed by atoms with van der Waals surface area (Å²) in [5, 5.41) is 0. The molecule has 2 amide bonds. The number of imidazole rings is 1. The predicted molar refractivity (Wildman–Crippen MR) is 131 cm³/mol. The van der Waals surface area contributed by atoms with Crippen molar-refractivity contribution in [1.29, 1.82) is 0 Å². The van der Waals surface area contributed by atoms with E-state index in [-0.39, 0.29) is 18.4 Å². The van der Waals surface area contributed by atoms with Crippen molar-refractivity contribution in [2.45, 2.75) is 52.5 Å². The molecule has 6 heteroatoms. The molecule has 0 fully saturated rings. The lowest BCUT2D eigenvalue weighted by Gasteiger charge is -2.20. The Labute approximate surface area is 196 Å². The third kappa shape index (κ3) is 4.86. The number of amides is 2. The van der Waals surface area contributed by atoms with Crippen LogP contribution in [0.25, 0.3) is 11.0 Å². The standard InChI is InChI=1S/C27H34N4O2/c1-4-15-30(16-5-2)17-9-8-12-25-28-23-14-13-20(18-24(23)29(25)3)19-31-26(32)21-10-6-7-11-22(21)27(31)33/h6-7,10-11,13-14,18H,4-5,8-9,12,15-17,19H2,1-3H3. The average Bonchev–Trinajstić information content (AvgIpc) is 3.26. The van der Waals surface area contributed by atoms with Crippen LogP contribution in [-0.2, 0) is 20.0 Å². The van der Waals surface area contributed by atoms with Crippen molar-refractivity contribution >= 4 is 22.8 Å². The third-order valence-electron chi connectivity index (χ3n) is 6.46. The highest BCUT2D eigenvalue weighted by Gasteiger charge is 2.35. The molecular weight excluding hydrogens is 412 g/mol. The Kier molecular flexibility index (Phi) is 7.23. The molecule has 0 bridgehead atoms. The van der Waals surface area contributed by atoms with E-state index in [2.05, 4.69) is 36.4 Å². The van der Waals surface area contributed by atoms with Crippen LogP contribution in [0, 0.1) is 0 Å². The summed E-state index contributed by atoms with van der Waals surface area (Å²) in [4.78, 5) is 34.1. The topological polar surface area (TPSA) is 58.4 Å². The average molecular weight is 447 g/mol. The molecule has 2 aromatic carbocycles. The molecule has 1 aliphatic heterocycles. The molecule has 4 rings (SSSR count). The van der Waals surface area contributed by atoms with E-state index >= 15 is 0 Å². The summed E-state index contributed by atoms with van der Waals surface area (Å²) in [6, 6.07) is 13.0. The molecule has 0 spiro atoms. The zero-order chi connectivity index (χ0) is 23.4. The Balaban J connectivity index is 1.41. The summed E-state index contributed by atoms with van der Waals surface area (Å²) >= 11 is 0. The van der Waals surface area contributed by atoms with Gasteiger partial charge in [0, 0.05) is 13.5 Å². The maximum Gasteiger partial charge on any atom is 0.261 e. The molecule has 0 saturated heterocycles. The fraction of sp³-hybridized carbons (Fsp3) is 0.444. The number of aromatic nitrogens is 2. The smallest absolute Gasteiger partial charge is 0.261 e. The lowest BCUT2D eigenvalue weighted by Crippen LogP contribution is -2.29. The molecule has 0 saturated carbocycles. The van der Waals surface area contributed by atoms with Crippen molar-refractivity contribution in [2.75, 3.05) is 19.6 Å². The highest BCUT2D eigenvalue weighted by atomic mass is 16.2. The van der Waals surface area contributed by atoms with Gasteiger partial charge in [0.15, 0.2) is 0 Å². The first-order valence-corrected chi connectivity index (χ1v) is 12.1. The van der Waals surface area contributed by atoms with Gasteiger partial charge in [0.05, 0.1) is 28.7 Å². The second-order valence-corrected chi connectivity index (χ2v) is 8.95. The number of benzene rings is 2. The van der Waals surface area contributed by atoms with Gasteiger partial charge in [-0.1, -0.05) is 32.0 Å². The van der Waals surface area contributed by atoms with Gasteiger partial charge >= 0.3 is 0 Å². The van der Waals surface area contributed by atoms with Gasteiger partial charge < -0.3 is 9.47 Å². The zero-order valence-corrected chi connectivity index (χ0v) is 20.0. The summed E-state index contributed by atoms with van der Waals surface area (Å²) in [5.41, 5.74) is 3.90. The van der Waals surface area contributed by atoms with Crippen molar-refractivity contribution in [1.82, 2.24) is 19.4 Å². The first kappa shape index (κ1) is 23.2. The van der Waals surface area contributed by atoms with Gasteiger partial charge in [-0.3, -0.25) is 14.5 Å². The van der Waals surface area contributed by atoms with Crippen molar-refractivity contribution in [2.24, 2.45) is 7.05 Å². The van der Waals surface area contributed by atoms with E-state index < -0.39 is 0 Å². The summed E-state index contributed by atoms with van der Waals surface area (Å²) < 4.78 is 2.15. The number of unbranched alkanes of at least 4 members (excludes halogenated alkanes) is 1. The molecule has 0 atom stereocenters. The van der Waals surface area contributed by atoms with E-state index in [4.69, 9.17) is 4.98 Å². The Morgan fingerprint density at radius 3 is 2.18 bits per heavy atom. The SMILES string of the molecule is CCCN(CCC)CCCCc1nc2ccc(CN3C(=O)c4ccccc4C3=O)cc2n1C. The highest BCUT2D eigenvalue weighted by molar-refractivity contribution is 6.21. The van der Waals surface area contributed by atoms with E-state index in [1.807, 2.05) is 12.1 Å². The summed E-state index contributed by atoms with van der Waals surface area (Å²) in [6.07, 6.45) is 5.64. The van der Waals surface area contributed by atoms with Crippen LogP contribution in [-0.4, -0.2) is 50.8 Å². The van der Waals surface area contributed by atoms with E-state index in [0.29, 0.717) is 11.1 Å². The van der Waals surface area contributed by atoms with E-state index in [9.17, 15) is 9.59 Å². The molecule has 0 aliphatic carbocycles. The summed E-state index contributed by atoms with van der Waals surface area (Å²) in [6.45, 7) is 8.25. The molecule has 33 heavy (non-hydrogen) atoms. The predicted octanol–water partition coefficient (Wildman–Crippen LogP) is 4.81. The minimum atomic E-state index is -0.221. The van der Waals surface area contributed by atoms with Crippen LogP contribution in [0.1, 0.15) is 71.6 Å². The molecule has 0 unspecified atom stereocenters. The number of aryl methyl sites for hydroxylation is 2. The molecule has 174 valence electrons. The highest BCUT2D eigenvalue weighted by Crippen LogP contribution is 2.25. The minimum absolute atomic E-state index is 0.221. The number of nitrogens with zero attached hydrogens (tertiary/aromatic N) is 4. The van der Waals surface area contributed by atoms with Gasteiger partial charge in [-0.25, -0.2) is 4.98 Å². The van der Waals surface area contributed by atoms with Crippen LogP contribution in [0.5, 0.6) is 0 Å². The van der Waals surface area contributed by atoms with Crippen LogP contribution in [0.15, 0.2) is 42.5 Å². The zero-order valence-electron chi connectivity index (χ0n) is 20.0. The normalized spacial score (nSPS) is 13.5. The number of imide groups is 1. The van der Waals surface area contributed by atoms with Crippen LogP contribution in [0.4, 0.5) is 0 Å². The van der Waals surface area contributed by atoms with Crippen LogP contribution in [0.3, 0.4) is 0 Å². The number of fused-ring (bicyclic) bond motifs is 2. The third-order valence-corrected chi connectivity index (χ3v) is 6.46. The van der Waals surface area contributed by atoms with Gasteiger partial charge in [-0.15, -0.1) is 0 Å². The van der Waals surface area contributed by atoms with Crippen LogP contribution in [0.2, 0.25) is 0 Å². The van der Waals surface area contributed by atoms with Crippen LogP contribution >= 0.6 is 0 Å². The van der Waals surface area contributed by atoms with Crippen LogP contribution < -0.4 is 0 Å². The Hall–Kier alpha value is -2.99. The molecule has 6 nitrogen and oxygen atoms in total. The van der Waals surface area contributed by atoms with Gasteiger partial charge in [0.1, 0.15) is 5.82 Å². The van der Waals surface area contributed by atoms with E-state index in [1.165, 1.54) is 37.3 Å². The lowest BCUT2D eigenvalue weighted by atomic mass is 10.1. The second-order valence-electron chi connectivity index (χ2n) is 8.95. The fourth-order valence-corrected chi connectivity index (χ4v) is 4.76. The number of carbonyl (C=O) groups is 2. The summed E-state index contributed by atoms with van der Waals surface area (Å²) in [7, 11) is 2.05. The Bertz CT molecular complexity index is 1110. The molecular formula is C27H34N4O2. The molecule has 3 aromatic rings. The Morgan fingerprint density at radius 1 is 0.879 bits per heavy atom. The van der Waals surface area contributed by atoms with Crippen molar-refractivity contribution in [3.8, 4) is 0 Å². The number of carbonyl (C=O) groups excluding carboxylic acids is 2. The summed E-state index contributed by atoms with van der Waals surface area (Å²) in [5.74, 6) is 0.642. The van der Waals surface area contributed by atoms with Crippen molar-refractivity contribution < 1.29 is 9.59 Å². The molecule has 0 N–H and O–H groups in total. The molecule has 1 aromatic heterocycles. The van der Waals surface area contributed by atoms with E-state index in [1.54, 1.807) is 24.3 Å². The van der Waals surface area contributed by atoms with Gasteiger partial charge in [0.25, 0.3) is 11.8 Å². The maximum absolute atomic E-state index is 12.7. The number of hydrogen-bond donors (Lipinski definition) is 0. The number of rotatable bonds is 11. The first-order chi connectivity index (χ1) is 16.0. The van der Waals surface area contributed by atoms with Gasteiger partial charge in [0.2, 0.25) is 0 Å². The quantitative estimate of drug-likeness (QED) is 0.313. The molecule has 1 aliphatic rings. The van der Waals surface area contributed by atoms with E-state index in [0.717, 1.165) is 41.8 Å². The Morgan fingerprint density at radius 2 is 1.55 bits per heavy atom. The second kappa shape index (κ2) is 10.3. The first-order valence-electron chi connectivity index (χ1n) is 12.1. The molecule has 0 radical (unpaired) electrons. The largest absolute Gasteiger partial charge is 0.331 e. The fourth-order valence-electron chi connectivity index (χ4n) is 4.76. The van der Waals surface area contributed by atoms with Crippen molar-refractivity contribution in [3.63, 3.8) is 0 Å². The van der Waals surface area contributed by atoms with Crippen molar-refractivity contribution in [3.05, 3.63) is 65.0 Å². The minimum Gasteiger partial charge on any atom is -0.331 e. The lowest BCUT2D eigenvalue weighted by molar-refractivity contribution is 0.0642. The van der Waals surface area contributed by atoms with Gasteiger partial charge in [-0.05, 0) is 75.1 Å². The molecule has 2 heterocycles. The van der Waals surface area contributed by atoms with Gasteiger partial charge in [-0.2, -0.15) is 0 Å². The monoisotopic (exact) mass is 446 g/mol.